The fourth-order valence-corrected chi connectivity index (χ4v) is 10.3. The highest BCUT2D eigenvalue weighted by atomic mass is 35.5. The smallest absolute Gasteiger partial charge is 0.262 e. The van der Waals surface area contributed by atoms with Gasteiger partial charge in [0.2, 0.25) is 0 Å². The Morgan fingerprint density at radius 2 is 1.93 bits per heavy atom. The van der Waals surface area contributed by atoms with Gasteiger partial charge in [0.15, 0.2) is 0 Å². The number of anilines is 1. The van der Waals surface area contributed by atoms with Gasteiger partial charge in [-0.25, -0.2) is 4.21 Å². The summed E-state index contributed by atoms with van der Waals surface area (Å²) >= 11 is 6.46. The van der Waals surface area contributed by atoms with Gasteiger partial charge in [0.1, 0.15) is 5.75 Å². The molecule has 0 aromatic heterocycles. The zero-order chi connectivity index (χ0) is 32.9. The van der Waals surface area contributed by atoms with E-state index in [4.69, 9.17) is 16.3 Å². The van der Waals surface area contributed by atoms with Crippen LogP contribution >= 0.6 is 11.6 Å². The average molecular weight is 670 g/mol. The van der Waals surface area contributed by atoms with Crippen LogP contribution in [0.15, 0.2) is 36.4 Å². The van der Waals surface area contributed by atoms with Crippen molar-refractivity contribution in [3.05, 3.63) is 58.1 Å². The second kappa shape index (κ2) is 13.0. The fourth-order valence-electron chi connectivity index (χ4n) is 8.60. The third-order valence-corrected chi connectivity index (χ3v) is 14.2. The Balaban J connectivity index is 1.43. The predicted octanol–water partition coefficient (Wildman–Crippen LogP) is 6.09. The summed E-state index contributed by atoms with van der Waals surface area (Å²) in [5, 5.41) is 12.9. The number of nitrogens with zero attached hydrogens (tertiary/aromatic N) is 2. The third-order valence-electron chi connectivity index (χ3n) is 11.8. The Morgan fingerprint density at radius 1 is 1.13 bits per heavy atom. The molecule has 9 heteroatoms. The number of benzene rings is 2. The highest BCUT2D eigenvalue weighted by Crippen LogP contribution is 2.49. The lowest BCUT2D eigenvalue weighted by Crippen LogP contribution is -2.53. The average Bonchev–Trinajstić information content (AvgIpc) is 3.14. The highest BCUT2D eigenvalue weighted by molar-refractivity contribution is 7.99. The zero-order valence-corrected chi connectivity index (χ0v) is 29.6. The van der Waals surface area contributed by atoms with Crippen molar-refractivity contribution in [2.24, 2.45) is 17.8 Å². The normalized spacial score (nSPS) is 34.9. The van der Waals surface area contributed by atoms with E-state index in [1.165, 1.54) is 11.1 Å². The van der Waals surface area contributed by atoms with E-state index in [-0.39, 0.29) is 28.4 Å². The molecule has 2 aliphatic carbocycles. The van der Waals surface area contributed by atoms with Crippen LogP contribution in [0.4, 0.5) is 5.69 Å². The Hall–Kier alpha value is -2.26. The molecule has 6 rings (SSSR count). The first kappa shape index (κ1) is 33.6. The standard InChI is InChI=1S/C37H52ClN3O4S/c1-25-8-6-17-37(43,18-19-40(3)4)32-13-10-29(32)22-41-23-36(16-7-9-27-20-30(38)12-14-31(27)36)24-45-34-15-11-28(21-33(34)41)35(42)39-46(5,44)26(25)2/h11-12,14-15,20-21,25-26,29,32,43H,5-10,13,16-19,22-24H2,1-4H3,(H,39,42,44)/t25-,26+,29-,32+,36-,37-,46?/m0/s1. The van der Waals surface area contributed by atoms with Crippen molar-refractivity contribution in [2.75, 3.05) is 45.2 Å². The van der Waals surface area contributed by atoms with E-state index in [1.54, 1.807) is 6.07 Å². The fraction of sp³-hybridized carbons (Fsp3) is 0.622. The van der Waals surface area contributed by atoms with Gasteiger partial charge in [0, 0.05) is 40.9 Å². The topological polar surface area (TPSA) is 82.1 Å². The van der Waals surface area contributed by atoms with Gasteiger partial charge in [0.25, 0.3) is 5.91 Å². The molecule has 7 nitrogen and oxygen atoms in total. The van der Waals surface area contributed by atoms with Crippen LogP contribution in [0.25, 0.3) is 0 Å². The van der Waals surface area contributed by atoms with Crippen molar-refractivity contribution in [1.29, 1.82) is 0 Å². The number of amides is 1. The molecule has 1 unspecified atom stereocenters. The second-order valence-electron chi connectivity index (χ2n) is 15.1. The number of aryl methyl sites for hydroxylation is 1. The predicted molar refractivity (Wildman–Crippen MR) is 190 cm³/mol. The number of rotatable bonds is 3. The van der Waals surface area contributed by atoms with Gasteiger partial charge in [-0.3, -0.25) is 9.52 Å². The molecule has 2 aromatic carbocycles. The molecule has 1 fully saturated rings. The van der Waals surface area contributed by atoms with E-state index < -0.39 is 15.3 Å². The summed E-state index contributed by atoms with van der Waals surface area (Å²) in [7, 11) is 1.22. The minimum absolute atomic E-state index is 0.0777. The molecule has 2 N–H and O–H groups in total. The van der Waals surface area contributed by atoms with Crippen LogP contribution in [0.2, 0.25) is 5.02 Å². The number of aliphatic hydroxyl groups is 1. The number of carbonyl (C=O) groups is 1. The van der Waals surface area contributed by atoms with Crippen LogP contribution in [-0.4, -0.2) is 77.2 Å². The van der Waals surface area contributed by atoms with Gasteiger partial charge in [0.05, 0.1) is 27.6 Å². The molecule has 46 heavy (non-hydrogen) atoms. The van der Waals surface area contributed by atoms with Crippen LogP contribution in [0, 0.1) is 17.8 Å². The van der Waals surface area contributed by atoms with E-state index >= 15 is 0 Å². The van der Waals surface area contributed by atoms with Crippen molar-refractivity contribution < 1.29 is 18.8 Å². The number of fused-ring (bicyclic) bond motifs is 4. The summed E-state index contributed by atoms with van der Waals surface area (Å²) in [6.07, 6.45) is 8.24. The highest BCUT2D eigenvalue weighted by Gasteiger charge is 2.48. The van der Waals surface area contributed by atoms with E-state index in [0.29, 0.717) is 24.5 Å². The number of hydrogen-bond acceptors (Lipinski definition) is 6. The lowest BCUT2D eigenvalue weighted by molar-refractivity contribution is -0.0963. The van der Waals surface area contributed by atoms with Crippen LogP contribution < -0.4 is 14.4 Å². The molecule has 1 spiro atoms. The Kier molecular flexibility index (Phi) is 9.49. The molecular formula is C37H52ClN3O4S. The number of ether oxygens (including phenoxy) is 1. The van der Waals surface area contributed by atoms with Crippen LogP contribution in [0.5, 0.6) is 5.75 Å². The first-order chi connectivity index (χ1) is 21.8. The number of nitrogens with one attached hydrogen (secondary N) is 1. The van der Waals surface area contributed by atoms with Crippen molar-refractivity contribution in [3.8, 4) is 5.75 Å². The van der Waals surface area contributed by atoms with Crippen LogP contribution in [0.3, 0.4) is 0 Å². The van der Waals surface area contributed by atoms with Crippen LogP contribution in [-0.2, 0) is 21.5 Å². The minimum atomic E-state index is -2.92. The largest absolute Gasteiger partial charge is 0.490 e. The second-order valence-corrected chi connectivity index (χ2v) is 18.0. The SMILES string of the molecule is C=S1(=O)NC(=O)c2ccc3c(c2)N(C[C@@H]2CC[C@H]2[C@@](O)(CCN(C)C)CCC[C@H](C)[C@H]1C)C[C@@]1(CCCc2cc(Cl)ccc21)CO3. The maximum absolute atomic E-state index is 13.8. The summed E-state index contributed by atoms with van der Waals surface area (Å²) in [4.78, 5) is 18.2. The van der Waals surface area contributed by atoms with E-state index in [1.807, 2.05) is 25.1 Å². The molecule has 252 valence electrons. The van der Waals surface area contributed by atoms with Gasteiger partial charge < -0.3 is 19.6 Å². The summed E-state index contributed by atoms with van der Waals surface area (Å²) in [6, 6.07) is 11.9. The summed E-state index contributed by atoms with van der Waals surface area (Å²) in [5.74, 6) is 5.00. The quantitative estimate of drug-likeness (QED) is 0.385. The van der Waals surface area contributed by atoms with Crippen molar-refractivity contribution in [1.82, 2.24) is 9.62 Å². The van der Waals surface area contributed by atoms with Crippen molar-refractivity contribution in [3.63, 3.8) is 0 Å². The van der Waals surface area contributed by atoms with Gasteiger partial charge in [-0.15, -0.1) is 0 Å². The molecule has 2 aromatic rings. The van der Waals surface area contributed by atoms with Crippen molar-refractivity contribution in [2.45, 2.75) is 87.9 Å². The molecule has 4 aliphatic rings. The molecule has 1 saturated carbocycles. The molecule has 2 bridgehead atoms. The van der Waals surface area contributed by atoms with Gasteiger partial charge in [-0.05, 0) is 137 Å². The minimum Gasteiger partial charge on any atom is -0.490 e. The molecular weight excluding hydrogens is 618 g/mol. The molecule has 0 radical (unpaired) electrons. The first-order valence-electron chi connectivity index (χ1n) is 17.2. The summed E-state index contributed by atoms with van der Waals surface area (Å²) < 4.78 is 23.3. The van der Waals surface area contributed by atoms with Gasteiger partial charge >= 0.3 is 0 Å². The zero-order valence-electron chi connectivity index (χ0n) is 28.0. The maximum Gasteiger partial charge on any atom is 0.262 e. The van der Waals surface area contributed by atoms with E-state index in [9.17, 15) is 14.1 Å². The number of halogens is 1. The number of carbonyl (C=O) groups excluding carboxylic acids is 1. The van der Waals surface area contributed by atoms with E-state index in [2.05, 4.69) is 53.5 Å². The van der Waals surface area contributed by atoms with Gasteiger partial charge in [-0.2, -0.15) is 0 Å². The maximum atomic E-state index is 13.8. The summed E-state index contributed by atoms with van der Waals surface area (Å²) in [5.41, 5.74) is 2.93. The first-order valence-corrected chi connectivity index (χ1v) is 19.3. The molecule has 2 aliphatic heterocycles. The van der Waals surface area contributed by atoms with Crippen LogP contribution in [0.1, 0.15) is 86.7 Å². The lowest BCUT2D eigenvalue weighted by Gasteiger charge is -2.50. The number of hydrogen-bond donors (Lipinski definition) is 2. The van der Waals surface area contributed by atoms with Crippen molar-refractivity contribution >= 4 is 38.8 Å². The Morgan fingerprint density at radius 3 is 2.67 bits per heavy atom. The monoisotopic (exact) mass is 669 g/mol. The van der Waals surface area contributed by atoms with Gasteiger partial charge in [-0.1, -0.05) is 31.0 Å². The molecule has 1 amide bonds. The third kappa shape index (κ3) is 6.56. The van der Waals surface area contributed by atoms with E-state index in [0.717, 1.165) is 87.5 Å². The molecule has 2 heterocycles. The summed E-state index contributed by atoms with van der Waals surface area (Å²) in [6.45, 7) is 6.90. The Labute approximate surface area is 281 Å². The Bertz CT molecular complexity index is 1560. The molecule has 7 atom stereocenters. The lowest BCUT2D eigenvalue weighted by atomic mass is 9.62. The molecule has 0 saturated heterocycles.